The second-order valence-corrected chi connectivity index (χ2v) is 6.46. The molecule has 1 heterocycles. The number of hydrogen-bond acceptors (Lipinski definition) is 5. The highest BCUT2D eigenvalue weighted by atomic mass is 32.2. The molecule has 7 nitrogen and oxygen atoms in total. The summed E-state index contributed by atoms with van der Waals surface area (Å²) in [5.74, 6) is -1.97. The minimum Gasteiger partial charge on any atom is -0.480 e. The number of carboxylic acids is 1. The number of esters is 1. The average molecular weight is 313 g/mol. The summed E-state index contributed by atoms with van der Waals surface area (Å²) in [6, 6.07) is 4.51. The van der Waals surface area contributed by atoms with Crippen molar-refractivity contribution in [3.8, 4) is 0 Å². The number of carbonyl (C=O) groups is 2. The number of carbonyl (C=O) groups excluding carboxylic acids is 1. The minimum absolute atomic E-state index is 0.101. The number of hydrogen-bond donors (Lipinski definition) is 1. The van der Waals surface area contributed by atoms with Crippen LogP contribution in [-0.4, -0.2) is 49.5 Å². The van der Waals surface area contributed by atoms with Gasteiger partial charge in [0, 0.05) is 6.54 Å². The van der Waals surface area contributed by atoms with Gasteiger partial charge in [0.1, 0.15) is 6.04 Å². The fourth-order valence-electron chi connectivity index (χ4n) is 2.37. The molecule has 1 aliphatic rings. The molecule has 1 aromatic carbocycles. The van der Waals surface area contributed by atoms with Gasteiger partial charge >= 0.3 is 11.9 Å². The molecular formula is C13H15NO6S. The maximum absolute atomic E-state index is 12.6. The number of sulfonamides is 1. The number of rotatable bonds is 4. The van der Waals surface area contributed by atoms with Crippen molar-refractivity contribution in [2.24, 2.45) is 0 Å². The fourth-order valence-corrected chi connectivity index (χ4v) is 4.20. The summed E-state index contributed by atoms with van der Waals surface area (Å²) in [7, 11) is -2.91. The minimum atomic E-state index is -4.07. The number of carboxylic acid groups (broad SMARTS) is 1. The molecule has 2 rings (SSSR count). The van der Waals surface area contributed by atoms with Crippen molar-refractivity contribution in [1.29, 1.82) is 0 Å². The first-order chi connectivity index (χ1) is 9.89. The molecule has 0 radical (unpaired) electrons. The van der Waals surface area contributed by atoms with Gasteiger partial charge in [-0.25, -0.2) is 13.2 Å². The lowest BCUT2D eigenvalue weighted by molar-refractivity contribution is -0.140. The first-order valence-corrected chi connectivity index (χ1v) is 7.75. The Hall–Kier alpha value is -1.93. The van der Waals surface area contributed by atoms with Gasteiger partial charge < -0.3 is 9.84 Å². The number of ether oxygens (including phenoxy) is 1. The predicted octanol–water partition coefficient (Wildman–Crippen LogP) is 0.711. The van der Waals surface area contributed by atoms with Crippen LogP contribution >= 0.6 is 0 Å². The van der Waals surface area contributed by atoms with Crippen molar-refractivity contribution in [3.05, 3.63) is 29.8 Å². The Morgan fingerprint density at radius 3 is 2.62 bits per heavy atom. The summed E-state index contributed by atoms with van der Waals surface area (Å²) in [6.45, 7) is 0.120. The van der Waals surface area contributed by atoms with Gasteiger partial charge in [0.25, 0.3) is 0 Å². The van der Waals surface area contributed by atoms with Crippen LogP contribution in [0.2, 0.25) is 0 Å². The summed E-state index contributed by atoms with van der Waals surface area (Å²) in [4.78, 5) is 22.6. The molecule has 0 bridgehead atoms. The van der Waals surface area contributed by atoms with Crippen LogP contribution in [0.25, 0.3) is 0 Å². The number of methoxy groups -OCH3 is 1. The molecule has 21 heavy (non-hydrogen) atoms. The Balaban J connectivity index is 2.50. The van der Waals surface area contributed by atoms with Crippen molar-refractivity contribution in [2.75, 3.05) is 13.7 Å². The predicted molar refractivity (Wildman–Crippen MR) is 72.3 cm³/mol. The molecule has 0 saturated carbocycles. The molecule has 0 aromatic heterocycles. The SMILES string of the molecule is COC(=O)c1ccccc1S(=O)(=O)N1CCC[C@H]1C(=O)O. The van der Waals surface area contributed by atoms with E-state index < -0.39 is 28.0 Å². The van der Waals surface area contributed by atoms with Gasteiger partial charge in [-0.3, -0.25) is 4.79 Å². The van der Waals surface area contributed by atoms with Crippen LogP contribution in [-0.2, 0) is 19.6 Å². The zero-order chi connectivity index (χ0) is 15.6. The molecule has 0 unspecified atom stereocenters. The standard InChI is InChI=1S/C13H15NO6S/c1-20-13(17)9-5-2-3-7-11(9)21(18,19)14-8-4-6-10(14)12(15)16/h2-3,5,7,10H,4,6,8H2,1H3,(H,15,16)/t10-/m0/s1. The van der Waals surface area contributed by atoms with Crippen molar-refractivity contribution in [1.82, 2.24) is 4.31 Å². The van der Waals surface area contributed by atoms with Gasteiger partial charge in [-0.2, -0.15) is 4.31 Å². The van der Waals surface area contributed by atoms with Crippen molar-refractivity contribution < 1.29 is 27.9 Å². The molecule has 0 aliphatic carbocycles. The number of benzene rings is 1. The van der Waals surface area contributed by atoms with Gasteiger partial charge in [0.2, 0.25) is 10.0 Å². The van der Waals surface area contributed by atoms with Gasteiger partial charge in [-0.05, 0) is 25.0 Å². The third-order valence-corrected chi connectivity index (χ3v) is 5.33. The van der Waals surface area contributed by atoms with Crippen molar-refractivity contribution in [2.45, 2.75) is 23.8 Å². The Morgan fingerprint density at radius 1 is 1.33 bits per heavy atom. The van der Waals surface area contributed by atoms with E-state index in [1.54, 1.807) is 0 Å². The quantitative estimate of drug-likeness (QED) is 0.822. The van der Waals surface area contributed by atoms with Gasteiger partial charge in [-0.15, -0.1) is 0 Å². The van der Waals surface area contributed by atoms with E-state index in [9.17, 15) is 18.0 Å². The van der Waals surface area contributed by atoms with E-state index in [-0.39, 0.29) is 23.4 Å². The van der Waals surface area contributed by atoms with Crippen molar-refractivity contribution >= 4 is 22.0 Å². The molecule has 8 heteroatoms. The van der Waals surface area contributed by atoms with Crippen LogP contribution in [0.15, 0.2) is 29.2 Å². The second kappa shape index (κ2) is 5.82. The van der Waals surface area contributed by atoms with Crippen molar-refractivity contribution in [3.63, 3.8) is 0 Å². The third kappa shape index (κ3) is 2.77. The van der Waals surface area contributed by atoms with E-state index in [1.807, 2.05) is 0 Å². The molecular weight excluding hydrogens is 298 g/mol. The lowest BCUT2D eigenvalue weighted by Crippen LogP contribution is -2.40. The molecule has 1 fully saturated rings. The topological polar surface area (TPSA) is 101 Å². The lowest BCUT2D eigenvalue weighted by atomic mass is 10.2. The summed E-state index contributed by atoms with van der Waals surface area (Å²) in [5.41, 5.74) is -0.101. The monoisotopic (exact) mass is 313 g/mol. The Bertz CT molecular complexity index is 669. The van der Waals surface area contributed by atoms with Gasteiger partial charge in [0.15, 0.2) is 0 Å². The van der Waals surface area contributed by atoms with Crippen LogP contribution in [0, 0.1) is 0 Å². The van der Waals surface area contributed by atoms with Gasteiger partial charge in [-0.1, -0.05) is 12.1 Å². The zero-order valence-electron chi connectivity index (χ0n) is 11.4. The van der Waals surface area contributed by atoms with Crippen LogP contribution < -0.4 is 0 Å². The first kappa shape index (κ1) is 15.5. The number of nitrogens with zero attached hydrogens (tertiary/aromatic N) is 1. The summed E-state index contributed by atoms with van der Waals surface area (Å²) >= 11 is 0. The van der Waals surface area contributed by atoms with E-state index in [1.165, 1.54) is 24.3 Å². The fraction of sp³-hybridized carbons (Fsp3) is 0.385. The van der Waals surface area contributed by atoms with Crippen LogP contribution in [0.1, 0.15) is 23.2 Å². The highest BCUT2D eigenvalue weighted by Gasteiger charge is 2.40. The van der Waals surface area contributed by atoms with Crippen LogP contribution in [0.5, 0.6) is 0 Å². The highest BCUT2D eigenvalue weighted by Crippen LogP contribution is 2.28. The lowest BCUT2D eigenvalue weighted by Gasteiger charge is -2.22. The normalized spacial score (nSPS) is 19.4. The molecule has 0 spiro atoms. The largest absolute Gasteiger partial charge is 0.480 e. The van der Waals surface area contributed by atoms with E-state index in [0.717, 1.165) is 11.4 Å². The molecule has 1 aliphatic heterocycles. The first-order valence-electron chi connectivity index (χ1n) is 6.31. The molecule has 0 amide bonds. The zero-order valence-corrected chi connectivity index (χ0v) is 12.2. The molecule has 1 aromatic rings. The average Bonchev–Trinajstić information content (AvgIpc) is 2.97. The Kier molecular flexibility index (Phi) is 4.29. The second-order valence-electron chi connectivity index (χ2n) is 4.60. The third-order valence-electron chi connectivity index (χ3n) is 3.37. The van der Waals surface area contributed by atoms with E-state index in [0.29, 0.717) is 6.42 Å². The van der Waals surface area contributed by atoms with Crippen LogP contribution in [0.4, 0.5) is 0 Å². The molecule has 1 atom stereocenters. The Labute approximate surface area is 122 Å². The van der Waals surface area contributed by atoms with E-state index >= 15 is 0 Å². The summed E-state index contributed by atoms with van der Waals surface area (Å²) in [6.07, 6.45) is 0.728. The molecule has 1 saturated heterocycles. The van der Waals surface area contributed by atoms with E-state index in [2.05, 4.69) is 4.74 Å². The maximum Gasteiger partial charge on any atom is 0.339 e. The smallest absolute Gasteiger partial charge is 0.339 e. The highest BCUT2D eigenvalue weighted by molar-refractivity contribution is 7.89. The Morgan fingerprint density at radius 2 is 2.00 bits per heavy atom. The van der Waals surface area contributed by atoms with Gasteiger partial charge in [0.05, 0.1) is 17.6 Å². The van der Waals surface area contributed by atoms with Crippen LogP contribution in [0.3, 0.4) is 0 Å². The van der Waals surface area contributed by atoms with E-state index in [4.69, 9.17) is 5.11 Å². The summed E-state index contributed by atoms with van der Waals surface area (Å²) < 4.78 is 30.8. The summed E-state index contributed by atoms with van der Waals surface area (Å²) in [5, 5.41) is 9.12. The molecule has 114 valence electrons. The molecule has 1 N–H and O–H groups in total. The maximum atomic E-state index is 12.6. The number of aliphatic carboxylic acids is 1.